The Bertz CT molecular complexity index is 1020. The highest BCUT2D eigenvalue weighted by molar-refractivity contribution is 6.31. The molecule has 0 unspecified atom stereocenters. The molecule has 0 radical (unpaired) electrons. The zero-order valence-corrected chi connectivity index (χ0v) is 19.0. The van der Waals surface area contributed by atoms with Crippen LogP contribution in [0.5, 0.6) is 11.5 Å². The first-order valence-corrected chi connectivity index (χ1v) is 11.4. The zero-order valence-electron chi connectivity index (χ0n) is 18.2. The van der Waals surface area contributed by atoms with Crippen molar-refractivity contribution in [3.63, 3.8) is 0 Å². The van der Waals surface area contributed by atoms with Crippen LogP contribution < -0.4 is 14.8 Å². The van der Waals surface area contributed by atoms with E-state index in [2.05, 4.69) is 40.3 Å². The second-order valence-electron chi connectivity index (χ2n) is 8.05. The molecule has 5 nitrogen and oxygen atoms in total. The number of aromatic nitrogens is 1. The Kier molecular flexibility index (Phi) is 7.15. The number of ether oxygens (including phenoxy) is 2. The van der Waals surface area contributed by atoms with Gasteiger partial charge in [0.2, 0.25) is 0 Å². The van der Waals surface area contributed by atoms with Gasteiger partial charge in [0.1, 0.15) is 0 Å². The van der Waals surface area contributed by atoms with Gasteiger partial charge in [0.25, 0.3) is 0 Å². The third kappa shape index (κ3) is 5.41. The summed E-state index contributed by atoms with van der Waals surface area (Å²) in [7, 11) is 1.69. The third-order valence-corrected chi connectivity index (χ3v) is 5.98. The van der Waals surface area contributed by atoms with E-state index < -0.39 is 0 Å². The lowest BCUT2D eigenvalue weighted by Crippen LogP contribution is -2.38. The van der Waals surface area contributed by atoms with Crippen molar-refractivity contribution in [2.45, 2.75) is 38.8 Å². The summed E-state index contributed by atoms with van der Waals surface area (Å²) < 4.78 is 11.3. The predicted octanol–water partition coefficient (Wildman–Crippen LogP) is 5.76. The van der Waals surface area contributed by atoms with Crippen LogP contribution in [0.3, 0.4) is 0 Å². The van der Waals surface area contributed by atoms with E-state index in [1.165, 1.54) is 5.56 Å². The standard InChI is InChI=1S/C25H30ClN3O2/c1-3-14-31-25-15-18(4-7-24(25)30-2)17-29-12-9-20(10-13-29)28-22-8-11-27-23-16-19(26)5-6-21(22)23/h4-8,11,15-16,20H,3,9-10,12-14,17H2,1-2H3,(H,27,28). The zero-order chi connectivity index (χ0) is 21.6. The molecular weight excluding hydrogens is 410 g/mol. The number of hydrogen-bond donors (Lipinski definition) is 1. The molecule has 0 spiro atoms. The second-order valence-corrected chi connectivity index (χ2v) is 8.48. The number of hydrogen-bond acceptors (Lipinski definition) is 5. The summed E-state index contributed by atoms with van der Waals surface area (Å²) in [5.41, 5.74) is 3.32. The molecule has 0 amide bonds. The molecule has 31 heavy (non-hydrogen) atoms. The van der Waals surface area contributed by atoms with Crippen molar-refractivity contribution < 1.29 is 9.47 Å². The molecule has 0 aliphatic carbocycles. The predicted molar refractivity (Wildman–Crippen MR) is 127 cm³/mol. The van der Waals surface area contributed by atoms with Crippen LogP contribution in [0.15, 0.2) is 48.7 Å². The highest BCUT2D eigenvalue weighted by atomic mass is 35.5. The van der Waals surface area contributed by atoms with Gasteiger partial charge in [0.15, 0.2) is 11.5 Å². The van der Waals surface area contributed by atoms with Crippen molar-refractivity contribution in [3.05, 3.63) is 59.2 Å². The summed E-state index contributed by atoms with van der Waals surface area (Å²) in [6.45, 7) is 5.86. The summed E-state index contributed by atoms with van der Waals surface area (Å²) in [6.07, 6.45) is 5.03. The maximum absolute atomic E-state index is 6.12. The number of fused-ring (bicyclic) bond motifs is 1. The summed E-state index contributed by atoms with van der Waals surface area (Å²) in [4.78, 5) is 6.95. The Morgan fingerprint density at radius 1 is 1.10 bits per heavy atom. The first kappa shape index (κ1) is 21.7. The first-order chi connectivity index (χ1) is 15.2. The molecule has 2 heterocycles. The average molecular weight is 440 g/mol. The molecule has 0 saturated carbocycles. The smallest absolute Gasteiger partial charge is 0.161 e. The summed E-state index contributed by atoms with van der Waals surface area (Å²) >= 11 is 6.12. The SMILES string of the molecule is CCCOc1cc(CN2CCC(Nc3ccnc4cc(Cl)ccc34)CC2)ccc1OC. The number of halogens is 1. The van der Waals surface area contributed by atoms with E-state index in [1.54, 1.807) is 7.11 Å². The fourth-order valence-electron chi connectivity index (χ4n) is 4.10. The topological polar surface area (TPSA) is 46.6 Å². The maximum Gasteiger partial charge on any atom is 0.161 e. The van der Waals surface area contributed by atoms with Gasteiger partial charge in [0.05, 0.1) is 19.2 Å². The van der Waals surface area contributed by atoms with Crippen LogP contribution in [-0.2, 0) is 6.54 Å². The summed E-state index contributed by atoms with van der Waals surface area (Å²) in [6, 6.07) is 14.7. The maximum atomic E-state index is 6.12. The Hall–Kier alpha value is -2.50. The number of anilines is 1. The van der Waals surface area contributed by atoms with Crippen LogP contribution in [0, 0.1) is 0 Å². The van der Waals surface area contributed by atoms with Gasteiger partial charge >= 0.3 is 0 Å². The molecule has 1 saturated heterocycles. The Balaban J connectivity index is 1.35. The molecule has 6 heteroatoms. The summed E-state index contributed by atoms with van der Waals surface area (Å²) in [5, 5.41) is 5.56. The fraction of sp³-hybridized carbons (Fsp3) is 0.400. The van der Waals surface area contributed by atoms with E-state index in [0.717, 1.165) is 67.0 Å². The Labute approximate surface area is 189 Å². The molecule has 1 aromatic heterocycles. The third-order valence-electron chi connectivity index (χ3n) is 5.75. The lowest BCUT2D eigenvalue weighted by molar-refractivity contribution is 0.211. The largest absolute Gasteiger partial charge is 0.493 e. The van der Waals surface area contributed by atoms with Gasteiger partial charge in [-0.05, 0) is 61.2 Å². The van der Waals surface area contributed by atoms with Crippen LogP contribution >= 0.6 is 11.6 Å². The van der Waals surface area contributed by atoms with Crippen molar-refractivity contribution in [3.8, 4) is 11.5 Å². The lowest BCUT2D eigenvalue weighted by atomic mass is 10.0. The fourth-order valence-corrected chi connectivity index (χ4v) is 4.27. The van der Waals surface area contributed by atoms with Crippen molar-refractivity contribution in [1.29, 1.82) is 0 Å². The number of piperidine rings is 1. The minimum Gasteiger partial charge on any atom is -0.493 e. The molecule has 1 fully saturated rings. The number of methoxy groups -OCH3 is 1. The van der Waals surface area contributed by atoms with E-state index in [4.69, 9.17) is 21.1 Å². The van der Waals surface area contributed by atoms with Gasteiger partial charge in [-0.1, -0.05) is 24.6 Å². The highest BCUT2D eigenvalue weighted by Gasteiger charge is 2.20. The number of likely N-dealkylation sites (tertiary alicyclic amines) is 1. The van der Waals surface area contributed by atoms with Crippen LogP contribution in [-0.4, -0.2) is 42.7 Å². The van der Waals surface area contributed by atoms with Crippen LogP contribution in [0.2, 0.25) is 5.02 Å². The lowest BCUT2D eigenvalue weighted by Gasteiger charge is -2.33. The molecule has 1 N–H and O–H groups in total. The van der Waals surface area contributed by atoms with Crippen LogP contribution in [0.25, 0.3) is 10.9 Å². The second kappa shape index (κ2) is 10.2. The van der Waals surface area contributed by atoms with E-state index in [1.807, 2.05) is 30.5 Å². The number of nitrogens with zero attached hydrogens (tertiary/aromatic N) is 2. The molecule has 0 bridgehead atoms. The van der Waals surface area contributed by atoms with Crippen molar-refractivity contribution in [2.24, 2.45) is 0 Å². The van der Waals surface area contributed by atoms with E-state index in [9.17, 15) is 0 Å². The quantitative estimate of drug-likeness (QED) is 0.483. The summed E-state index contributed by atoms with van der Waals surface area (Å²) in [5.74, 6) is 1.63. The number of pyridine rings is 1. The van der Waals surface area contributed by atoms with Gasteiger partial charge < -0.3 is 14.8 Å². The Morgan fingerprint density at radius 3 is 2.71 bits per heavy atom. The molecule has 164 valence electrons. The van der Waals surface area contributed by atoms with Gasteiger partial charge in [-0.2, -0.15) is 0 Å². The molecule has 1 aliphatic rings. The molecule has 1 aliphatic heterocycles. The van der Waals surface area contributed by atoms with Crippen molar-refractivity contribution in [2.75, 3.05) is 32.1 Å². The molecule has 4 rings (SSSR count). The van der Waals surface area contributed by atoms with Gasteiger partial charge in [-0.15, -0.1) is 0 Å². The van der Waals surface area contributed by atoms with E-state index in [0.29, 0.717) is 17.7 Å². The van der Waals surface area contributed by atoms with Gasteiger partial charge in [-0.25, -0.2) is 0 Å². The monoisotopic (exact) mass is 439 g/mol. The minimum atomic E-state index is 0.455. The molecule has 3 aromatic rings. The normalized spacial score (nSPS) is 15.2. The van der Waals surface area contributed by atoms with E-state index in [-0.39, 0.29) is 0 Å². The first-order valence-electron chi connectivity index (χ1n) is 11.0. The van der Waals surface area contributed by atoms with Crippen molar-refractivity contribution >= 4 is 28.2 Å². The highest BCUT2D eigenvalue weighted by Crippen LogP contribution is 2.30. The van der Waals surface area contributed by atoms with Crippen LogP contribution in [0.4, 0.5) is 5.69 Å². The van der Waals surface area contributed by atoms with Crippen LogP contribution in [0.1, 0.15) is 31.7 Å². The van der Waals surface area contributed by atoms with Gasteiger partial charge in [-0.3, -0.25) is 9.88 Å². The minimum absolute atomic E-state index is 0.455. The number of nitrogens with one attached hydrogen (secondary N) is 1. The van der Waals surface area contributed by atoms with Crippen molar-refractivity contribution in [1.82, 2.24) is 9.88 Å². The molecule has 0 atom stereocenters. The van der Waals surface area contributed by atoms with E-state index >= 15 is 0 Å². The number of benzene rings is 2. The van der Waals surface area contributed by atoms with Gasteiger partial charge in [0, 0.05) is 48.0 Å². The number of rotatable bonds is 8. The Morgan fingerprint density at radius 2 is 1.94 bits per heavy atom. The molecular formula is C25H30ClN3O2. The average Bonchev–Trinajstić information content (AvgIpc) is 2.79. The molecule has 2 aromatic carbocycles.